The van der Waals surface area contributed by atoms with Crippen molar-refractivity contribution in [3.63, 3.8) is 0 Å². The molecule has 0 atom stereocenters. The Morgan fingerprint density at radius 3 is 2.29 bits per heavy atom. The molecular formula is C23H18F3N3O2. The van der Waals surface area contributed by atoms with Crippen molar-refractivity contribution in [2.24, 2.45) is 0 Å². The molecule has 1 N–H and O–H groups in total. The molecule has 5 nitrogen and oxygen atoms in total. The number of aryl methyl sites for hydroxylation is 1. The van der Waals surface area contributed by atoms with Gasteiger partial charge in [-0.3, -0.25) is 4.79 Å². The molecule has 0 bridgehead atoms. The number of nitrogens with one attached hydrogen (secondary N) is 1. The van der Waals surface area contributed by atoms with Gasteiger partial charge in [-0.1, -0.05) is 0 Å². The minimum absolute atomic E-state index is 0.134. The number of fused-ring (bicyclic) bond motifs is 1. The van der Waals surface area contributed by atoms with Gasteiger partial charge in [-0.2, -0.15) is 13.2 Å². The SMILES string of the molecule is COc1ccc(-c2nc3ccc(NC(=O)c4ccc(C(F)(F)F)cc4)cn3c2C)cc1. The van der Waals surface area contributed by atoms with Crippen molar-refractivity contribution in [3.05, 3.63) is 83.7 Å². The van der Waals surface area contributed by atoms with Crippen molar-refractivity contribution in [1.82, 2.24) is 9.38 Å². The lowest BCUT2D eigenvalue weighted by atomic mass is 10.1. The van der Waals surface area contributed by atoms with Crippen LogP contribution in [0.5, 0.6) is 5.75 Å². The molecule has 0 aliphatic heterocycles. The van der Waals surface area contributed by atoms with Crippen LogP contribution in [0.2, 0.25) is 0 Å². The quantitative estimate of drug-likeness (QED) is 0.464. The molecule has 0 saturated carbocycles. The van der Waals surface area contributed by atoms with Crippen LogP contribution in [0.3, 0.4) is 0 Å². The first-order valence-corrected chi connectivity index (χ1v) is 9.38. The number of aromatic nitrogens is 2. The molecule has 0 aliphatic rings. The van der Waals surface area contributed by atoms with Gasteiger partial charge in [-0.25, -0.2) is 4.98 Å². The number of amides is 1. The van der Waals surface area contributed by atoms with E-state index in [2.05, 4.69) is 10.3 Å². The molecule has 4 aromatic rings. The second kappa shape index (κ2) is 7.79. The molecule has 1 amide bonds. The lowest BCUT2D eigenvalue weighted by molar-refractivity contribution is -0.137. The van der Waals surface area contributed by atoms with E-state index in [4.69, 9.17) is 4.74 Å². The van der Waals surface area contributed by atoms with E-state index in [1.807, 2.05) is 35.6 Å². The number of ether oxygens (including phenoxy) is 1. The van der Waals surface area contributed by atoms with Gasteiger partial charge in [0.2, 0.25) is 0 Å². The summed E-state index contributed by atoms with van der Waals surface area (Å²) >= 11 is 0. The number of alkyl halides is 3. The Kier molecular flexibility index (Phi) is 5.14. The largest absolute Gasteiger partial charge is 0.497 e. The fourth-order valence-corrected chi connectivity index (χ4v) is 3.27. The zero-order valence-electron chi connectivity index (χ0n) is 16.7. The van der Waals surface area contributed by atoms with Gasteiger partial charge < -0.3 is 14.5 Å². The van der Waals surface area contributed by atoms with Crippen LogP contribution in [0, 0.1) is 6.92 Å². The van der Waals surface area contributed by atoms with E-state index in [0.29, 0.717) is 11.3 Å². The Bertz CT molecular complexity index is 1240. The highest BCUT2D eigenvalue weighted by atomic mass is 19.4. The first-order valence-electron chi connectivity index (χ1n) is 9.38. The number of halogens is 3. The lowest BCUT2D eigenvalue weighted by Crippen LogP contribution is -2.13. The number of methoxy groups -OCH3 is 1. The minimum Gasteiger partial charge on any atom is -0.497 e. The Morgan fingerprint density at radius 2 is 1.68 bits per heavy atom. The molecule has 2 aromatic carbocycles. The van der Waals surface area contributed by atoms with Crippen LogP contribution in [0.15, 0.2) is 66.9 Å². The Hall–Kier alpha value is -3.81. The number of hydrogen-bond donors (Lipinski definition) is 1. The molecule has 2 aromatic heterocycles. The first kappa shape index (κ1) is 20.5. The zero-order chi connectivity index (χ0) is 22.2. The monoisotopic (exact) mass is 425 g/mol. The third-order valence-corrected chi connectivity index (χ3v) is 4.95. The summed E-state index contributed by atoms with van der Waals surface area (Å²) in [5, 5.41) is 2.71. The molecule has 0 radical (unpaired) electrons. The van der Waals surface area contributed by atoms with Gasteiger partial charge in [-0.15, -0.1) is 0 Å². The Morgan fingerprint density at radius 1 is 1.00 bits per heavy atom. The maximum Gasteiger partial charge on any atom is 0.416 e. The van der Waals surface area contributed by atoms with Crippen molar-refractivity contribution >= 4 is 17.2 Å². The minimum atomic E-state index is -4.44. The second-order valence-electron chi connectivity index (χ2n) is 6.95. The van der Waals surface area contributed by atoms with Crippen LogP contribution >= 0.6 is 0 Å². The van der Waals surface area contributed by atoms with Gasteiger partial charge in [0, 0.05) is 23.0 Å². The number of benzene rings is 2. The van der Waals surface area contributed by atoms with Gasteiger partial charge in [0.1, 0.15) is 11.4 Å². The van der Waals surface area contributed by atoms with E-state index >= 15 is 0 Å². The maximum absolute atomic E-state index is 12.7. The number of imidazole rings is 1. The van der Waals surface area contributed by atoms with Crippen molar-refractivity contribution in [1.29, 1.82) is 0 Å². The summed E-state index contributed by atoms with van der Waals surface area (Å²) in [5.41, 5.74) is 3.15. The molecule has 2 heterocycles. The molecule has 31 heavy (non-hydrogen) atoms. The molecular weight excluding hydrogens is 407 g/mol. The Labute approximate surface area is 176 Å². The van der Waals surface area contributed by atoms with Crippen LogP contribution in [-0.2, 0) is 6.18 Å². The van der Waals surface area contributed by atoms with E-state index in [1.165, 1.54) is 0 Å². The van der Waals surface area contributed by atoms with Gasteiger partial charge in [0.25, 0.3) is 5.91 Å². The third-order valence-electron chi connectivity index (χ3n) is 4.95. The van der Waals surface area contributed by atoms with Crippen LogP contribution < -0.4 is 10.1 Å². The van der Waals surface area contributed by atoms with Gasteiger partial charge in [0.05, 0.1) is 24.1 Å². The molecule has 0 aliphatic carbocycles. The smallest absolute Gasteiger partial charge is 0.416 e. The molecule has 0 unspecified atom stereocenters. The second-order valence-corrected chi connectivity index (χ2v) is 6.95. The summed E-state index contributed by atoms with van der Waals surface area (Å²) in [6, 6.07) is 15.1. The normalized spacial score (nSPS) is 11.5. The third kappa shape index (κ3) is 4.09. The molecule has 0 fully saturated rings. The van der Waals surface area contributed by atoms with Gasteiger partial charge >= 0.3 is 6.18 Å². The van der Waals surface area contributed by atoms with Crippen molar-refractivity contribution in [3.8, 4) is 17.0 Å². The molecule has 4 rings (SSSR count). The van der Waals surface area contributed by atoms with E-state index < -0.39 is 17.6 Å². The molecule has 0 spiro atoms. The van der Waals surface area contributed by atoms with Crippen LogP contribution in [0.25, 0.3) is 16.9 Å². The van der Waals surface area contributed by atoms with E-state index in [1.54, 1.807) is 25.4 Å². The van der Waals surface area contributed by atoms with Crippen molar-refractivity contribution < 1.29 is 22.7 Å². The molecule has 8 heteroatoms. The van der Waals surface area contributed by atoms with E-state index in [-0.39, 0.29) is 5.56 Å². The predicted molar refractivity (Wildman–Crippen MR) is 111 cm³/mol. The average Bonchev–Trinajstić information content (AvgIpc) is 3.09. The summed E-state index contributed by atoms with van der Waals surface area (Å²) in [6.07, 6.45) is -2.72. The number of nitrogens with zero attached hydrogens (tertiary/aromatic N) is 2. The maximum atomic E-state index is 12.7. The fourth-order valence-electron chi connectivity index (χ4n) is 3.27. The number of rotatable bonds is 4. The van der Waals surface area contributed by atoms with Crippen LogP contribution in [0.1, 0.15) is 21.6 Å². The number of pyridine rings is 1. The summed E-state index contributed by atoms with van der Waals surface area (Å²) in [7, 11) is 1.60. The molecule has 0 saturated heterocycles. The fraction of sp³-hybridized carbons (Fsp3) is 0.130. The van der Waals surface area contributed by atoms with Gasteiger partial charge in [-0.05, 0) is 67.6 Å². The van der Waals surface area contributed by atoms with Crippen LogP contribution in [0.4, 0.5) is 18.9 Å². The van der Waals surface area contributed by atoms with Crippen molar-refractivity contribution in [2.75, 3.05) is 12.4 Å². The molecule has 158 valence electrons. The van der Waals surface area contributed by atoms with E-state index in [0.717, 1.165) is 47.0 Å². The summed E-state index contributed by atoms with van der Waals surface area (Å²) < 4.78 is 45.1. The number of anilines is 1. The number of hydrogen-bond acceptors (Lipinski definition) is 3. The standard InChI is InChI=1S/C23H18F3N3O2/c1-14-21(15-5-10-19(31-2)11-6-15)28-20-12-9-18(13-29(14)20)27-22(30)16-3-7-17(8-4-16)23(24,25)26/h3-13H,1-2H3,(H,27,30). The van der Waals surface area contributed by atoms with Gasteiger partial charge in [0.15, 0.2) is 0 Å². The highest BCUT2D eigenvalue weighted by Crippen LogP contribution is 2.29. The summed E-state index contributed by atoms with van der Waals surface area (Å²) in [6.45, 7) is 1.92. The first-order chi connectivity index (χ1) is 14.8. The summed E-state index contributed by atoms with van der Waals surface area (Å²) in [5.74, 6) is 0.250. The number of carbonyl (C=O) groups excluding carboxylic acids is 1. The lowest BCUT2D eigenvalue weighted by Gasteiger charge is -2.09. The predicted octanol–water partition coefficient (Wildman–Crippen LogP) is 5.59. The Balaban J connectivity index is 1.59. The highest BCUT2D eigenvalue weighted by molar-refractivity contribution is 6.04. The average molecular weight is 425 g/mol. The zero-order valence-corrected chi connectivity index (χ0v) is 16.7. The van der Waals surface area contributed by atoms with Crippen LogP contribution in [-0.4, -0.2) is 22.4 Å². The van der Waals surface area contributed by atoms with Crippen molar-refractivity contribution in [2.45, 2.75) is 13.1 Å². The topological polar surface area (TPSA) is 55.6 Å². The highest BCUT2D eigenvalue weighted by Gasteiger charge is 2.30. The number of carbonyl (C=O) groups is 1. The summed E-state index contributed by atoms with van der Waals surface area (Å²) in [4.78, 5) is 17.1. The van der Waals surface area contributed by atoms with E-state index in [9.17, 15) is 18.0 Å².